The molecule has 0 aromatic heterocycles. The topological polar surface area (TPSA) is 401 Å². The number of amides is 8. The number of nitrogens with two attached hydrogens (primary N) is 1. The third-order valence-electron chi connectivity index (χ3n) is 13.2. The van der Waals surface area contributed by atoms with Crippen molar-refractivity contribution < 1.29 is 81.9 Å². The molecule has 1 fully saturated rings. The van der Waals surface area contributed by atoms with E-state index >= 15 is 0 Å². The van der Waals surface area contributed by atoms with E-state index in [-0.39, 0.29) is 156 Å². The van der Waals surface area contributed by atoms with Crippen LogP contribution in [0.5, 0.6) is 11.5 Å². The molecule has 1 aliphatic rings. The summed E-state index contributed by atoms with van der Waals surface area (Å²) < 4.78 is 35.3. The van der Waals surface area contributed by atoms with Crippen LogP contribution >= 0.6 is 0 Å². The van der Waals surface area contributed by atoms with E-state index in [4.69, 9.17) is 15.3 Å². The summed E-state index contributed by atoms with van der Waals surface area (Å²) in [5, 5.41) is 56.4. The van der Waals surface area contributed by atoms with Gasteiger partial charge in [-0.15, -0.1) is 0 Å². The normalized spacial score (nSPS) is 14.6. The molecule has 0 unspecified atom stereocenters. The van der Waals surface area contributed by atoms with Gasteiger partial charge in [-0.05, 0) is 48.9 Å². The largest absolute Gasteiger partial charge is 0.508 e. The van der Waals surface area contributed by atoms with Gasteiger partial charge in [-0.2, -0.15) is 4.99 Å². The van der Waals surface area contributed by atoms with Crippen molar-refractivity contribution >= 4 is 59.6 Å². The van der Waals surface area contributed by atoms with Gasteiger partial charge in [0, 0.05) is 116 Å². The molecule has 0 saturated carbocycles. The van der Waals surface area contributed by atoms with Crippen LogP contribution in [0.15, 0.2) is 71.7 Å². The van der Waals surface area contributed by atoms with Gasteiger partial charge in [0.05, 0.1) is 45.3 Å². The van der Waals surface area contributed by atoms with Gasteiger partial charge in [-0.25, -0.2) is 23.9 Å². The van der Waals surface area contributed by atoms with Crippen LogP contribution in [-0.4, -0.2) is 230 Å². The molecule has 0 bridgehead atoms. The number of phenols is 1. The second kappa shape index (κ2) is 39.0. The number of unbranched alkanes of at least 4 members (excludes halogenated alkanes) is 1. The van der Waals surface area contributed by atoms with Gasteiger partial charge in [0.2, 0.25) is 23.6 Å². The van der Waals surface area contributed by atoms with Gasteiger partial charge in [0.15, 0.2) is 5.96 Å². The standard InChI is InChI=1S/C56H80F2N14O15/c1-2-46(74)60-17-18-64-55(84)67-54(59)62-16-9-14-45(52(82)65-33-42-43(57)31-40(73)32-44(42)58)66-53(83)51(38-10-4-3-5-11-38)39-12-8-13-41(30-39)86-28-7-6-15-63-56(85)68-87-29-19-61-47(75)34-69-20-22-70(35-48(76)77)24-26-72(37-50(80)81)27-25-71(23-21-69)36-49(78)79/h3-5,8,10-13,30-32,45,51,73H,2,6-7,9,14-29,33-37H2,1H3,(H,60,74)(H,61,75)(H,65,82)(H,66,83)(H,76,77)(H,78,79)(H,80,81)(H2,63,68,85)(H4,59,62,64,67,84)/t45-,51+/m1/s1. The maximum Gasteiger partial charge on any atom is 0.344 e. The van der Waals surface area contributed by atoms with Crippen LogP contribution < -0.4 is 53.2 Å². The minimum Gasteiger partial charge on any atom is -0.508 e. The minimum absolute atomic E-state index is 0.0200. The molecule has 0 spiro atoms. The fourth-order valence-corrected chi connectivity index (χ4v) is 8.77. The number of carbonyl (C=O) groups is 9. The first kappa shape index (κ1) is 70.7. The van der Waals surface area contributed by atoms with E-state index in [9.17, 15) is 72.4 Å². The number of urea groups is 2. The predicted molar refractivity (Wildman–Crippen MR) is 311 cm³/mol. The molecule has 3 aromatic carbocycles. The first-order chi connectivity index (χ1) is 41.7. The van der Waals surface area contributed by atoms with Gasteiger partial charge < -0.3 is 68.1 Å². The summed E-state index contributed by atoms with van der Waals surface area (Å²) in [6.07, 6.45) is 1.40. The smallest absolute Gasteiger partial charge is 0.344 e. The summed E-state index contributed by atoms with van der Waals surface area (Å²) in [7, 11) is 0. The zero-order valence-electron chi connectivity index (χ0n) is 48.5. The number of halogens is 2. The lowest BCUT2D eigenvalue weighted by Crippen LogP contribution is -2.50. The molecule has 1 saturated heterocycles. The van der Waals surface area contributed by atoms with Gasteiger partial charge in [0.25, 0.3) is 0 Å². The molecule has 4 rings (SSSR count). The van der Waals surface area contributed by atoms with Crippen molar-refractivity contribution in [2.24, 2.45) is 10.7 Å². The number of carbonyl (C=O) groups excluding carboxylic acids is 6. The number of aliphatic imine (C=N–C) groups is 1. The summed E-state index contributed by atoms with van der Waals surface area (Å²) in [4.78, 5) is 128. The highest BCUT2D eigenvalue weighted by atomic mass is 19.1. The van der Waals surface area contributed by atoms with Crippen molar-refractivity contribution in [2.75, 3.05) is 124 Å². The van der Waals surface area contributed by atoms with Crippen LogP contribution in [0.1, 0.15) is 61.6 Å². The molecule has 2 atom stereocenters. The van der Waals surface area contributed by atoms with Gasteiger partial charge in [-0.3, -0.25) is 58.0 Å². The Kier molecular flexibility index (Phi) is 31.7. The van der Waals surface area contributed by atoms with Crippen molar-refractivity contribution in [1.82, 2.24) is 62.3 Å². The molecule has 3 aromatic rings. The number of ether oxygens (including phenoxy) is 1. The zero-order valence-corrected chi connectivity index (χ0v) is 48.5. The number of aromatic hydroxyl groups is 1. The number of nitrogens with one attached hydrogen (secondary N) is 8. The van der Waals surface area contributed by atoms with Crippen LogP contribution in [0.2, 0.25) is 0 Å². The molecule has 8 amide bonds. The van der Waals surface area contributed by atoms with E-state index in [0.717, 1.165) is 0 Å². The average Bonchev–Trinajstić information content (AvgIpc) is 3.67. The number of benzene rings is 3. The van der Waals surface area contributed by atoms with Crippen molar-refractivity contribution in [3.63, 3.8) is 0 Å². The molecular formula is C56H80F2N14O15. The maximum absolute atomic E-state index is 14.7. The first-order valence-corrected chi connectivity index (χ1v) is 28.3. The number of hydrogen-bond donors (Lipinski definition) is 13. The lowest BCUT2D eigenvalue weighted by atomic mass is 9.90. The number of carboxylic acid groups (broad SMARTS) is 3. The summed E-state index contributed by atoms with van der Waals surface area (Å²) in [6, 6.07) is 14.2. The van der Waals surface area contributed by atoms with E-state index in [1.54, 1.807) is 81.1 Å². The molecule has 0 radical (unpaired) electrons. The molecule has 14 N–H and O–H groups in total. The summed E-state index contributed by atoms with van der Waals surface area (Å²) in [5.74, 6) is -8.84. The van der Waals surface area contributed by atoms with Crippen LogP contribution in [0.4, 0.5) is 18.4 Å². The molecule has 31 heteroatoms. The Balaban J connectivity index is 1.26. The number of guanidine groups is 1. The van der Waals surface area contributed by atoms with Crippen LogP contribution in [0.3, 0.4) is 0 Å². The summed E-state index contributed by atoms with van der Waals surface area (Å²) in [6.45, 7) is 2.77. The van der Waals surface area contributed by atoms with E-state index in [0.29, 0.717) is 41.9 Å². The second-order valence-corrected chi connectivity index (χ2v) is 20.0. The van der Waals surface area contributed by atoms with Gasteiger partial charge in [-0.1, -0.05) is 49.4 Å². The highest BCUT2D eigenvalue weighted by Gasteiger charge is 2.29. The Morgan fingerprint density at radius 2 is 1.15 bits per heavy atom. The van der Waals surface area contributed by atoms with Crippen LogP contribution in [0, 0.1) is 11.6 Å². The Labute approximate surface area is 501 Å². The lowest BCUT2D eigenvalue weighted by molar-refractivity contribution is -0.140. The summed E-state index contributed by atoms with van der Waals surface area (Å²) >= 11 is 0. The first-order valence-electron chi connectivity index (χ1n) is 28.3. The Morgan fingerprint density at radius 3 is 1.74 bits per heavy atom. The fourth-order valence-electron chi connectivity index (χ4n) is 8.77. The highest BCUT2D eigenvalue weighted by molar-refractivity contribution is 5.93. The molecular weight excluding hydrogens is 1150 g/mol. The molecule has 1 aliphatic heterocycles. The van der Waals surface area contributed by atoms with Crippen molar-refractivity contribution in [3.8, 4) is 11.5 Å². The zero-order chi connectivity index (χ0) is 63.5. The number of hydrogen-bond acceptors (Lipinski definition) is 16. The molecule has 478 valence electrons. The van der Waals surface area contributed by atoms with Crippen molar-refractivity contribution in [3.05, 3.63) is 95.1 Å². The van der Waals surface area contributed by atoms with Gasteiger partial charge in [0.1, 0.15) is 29.2 Å². The number of nitrogens with zero attached hydrogens (tertiary/aromatic N) is 5. The fraction of sp³-hybridized carbons (Fsp3) is 0.500. The van der Waals surface area contributed by atoms with Crippen molar-refractivity contribution in [1.29, 1.82) is 0 Å². The van der Waals surface area contributed by atoms with Crippen molar-refractivity contribution in [2.45, 2.75) is 57.5 Å². The Hall–Kier alpha value is -8.78. The Bertz CT molecular complexity index is 2720. The third kappa shape index (κ3) is 28.8. The van der Waals surface area contributed by atoms with E-state index in [1.165, 1.54) is 0 Å². The van der Waals surface area contributed by atoms with Crippen LogP contribution in [0.25, 0.3) is 0 Å². The average molecular weight is 1230 g/mol. The number of phenolic OH excluding ortho intramolecular Hbond substituents is 1. The molecule has 87 heavy (non-hydrogen) atoms. The predicted octanol–water partition coefficient (Wildman–Crippen LogP) is -0.495. The number of carboxylic acids is 3. The second-order valence-electron chi connectivity index (χ2n) is 20.0. The minimum atomic E-state index is -1.27. The maximum atomic E-state index is 14.7. The lowest BCUT2D eigenvalue weighted by Gasteiger charge is -2.32. The molecule has 1 heterocycles. The number of aliphatic carboxylic acids is 3. The molecule has 0 aliphatic carbocycles. The number of hydroxylamine groups is 1. The van der Waals surface area contributed by atoms with Gasteiger partial charge >= 0.3 is 30.0 Å². The van der Waals surface area contributed by atoms with Crippen LogP contribution in [-0.2, 0) is 44.9 Å². The summed E-state index contributed by atoms with van der Waals surface area (Å²) in [5.41, 5.74) is 8.67. The quantitative estimate of drug-likeness (QED) is 0.0158. The molecule has 29 nitrogen and oxygen atoms in total. The third-order valence-corrected chi connectivity index (χ3v) is 13.2. The monoisotopic (exact) mass is 1230 g/mol. The SMILES string of the molecule is CCC(=O)NCCNC(=O)/N=C(/N)NCCC[C@@H](NC(=O)[C@@H](c1ccccc1)c1cccc(OCCCCNC(=O)NOCCNC(=O)CN2CCN(CC(=O)O)CCN(CC(=O)O)CCN(CC(=O)O)CC2)c1)C(=O)NCc1c(F)cc(O)cc1F. The van der Waals surface area contributed by atoms with E-state index < -0.39 is 89.1 Å². The van der Waals surface area contributed by atoms with E-state index in [1.807, 2.05) is 0 Å². The highest BCUT2D eigenvalue weighted by Crippen LogP contribution is 2.28. The Morgan fingerprint density at radius 1 is 0.598 bits per heavy atom. The van der Waals surface area contributed by atoms with E-state index in [2.05, 4.69) is 47.7 Å². The number of rotatable bonds is 33.